The van der Waals surface area contributed by atoms with Crippen LogP contribution >= 0.6 is 0 Å². The second kappa shape index (κ2) is 5.78. The van der Waals surface area contributed by atoms with Crippen LogP contribution in [0, 0.1) is 11.8 Å². The minimum absolute atomic E-state index is 1.13. The fraction of sp³-hybridized carbons (Fsp3) is 1.00. The van der Waals surface area contributed by atoms with Gasteiger partial charge in [0.15, 0.2) is 0 Å². The fourth-order valence-electron chi connectivity index (χ4n) is 3.57. The highest BCUT2D eigenvalue weighted by Gasteiger charge is 2.26. The van der Waals surface area contributed by atoms with Crippen LogP contribution in [0.4, 0.5) is 0 Å². The molecule has 2 rings (SSSR count). The molecule has 2 aliphatic carbocycles. The first-order valence-corrected chi connectivity index (χ1v) is 6.97. The van der Waals surface area contributed by atoms with Crippen molar-refractivity contribution >= 4 is 0 Å². The lowest BCUT2D eigenvalue weighted by Gasteiger charge is -2.18. The van der Waals surface area contributed by atoms with Crippen molar-refractivity contribution in [3.05, 3.63) is 0 Å². The summed E-state index contributed by atoms with van der Waals surface area (Å²) in [5.74, 6) is 2.26. The molecule has 0 spiro atoms. The molecule has 82 valence electrons. The zero-order valence-corrected chi connectivity index (χ0v) is 9.64. The van der Waals surface area contributed by atoms with Crippen LogP contribution in [-0.2, 0) is 0 Å². The molecule has 0 aromatic rings. The third-order valence-electron chi connectivity index (χ3n) is 4.47. The molecule has 0 radical (unpaired) electrons. The van der Waals surface area contributed by atoms with Gasteiger partial charge in [0.25, 0.3) is 0 Å². The quantitative estimate of drug-likeness (QED) is 0.513. The third kappa shape index (κ3) is 3.00. The Kier molecular flexibility index (Phi) is 4.34. The lowest BCUT2D eigenvalue weighted by molar-refractivity contribution is 0.328. The molecule has 0 aliphatic heterocycles. The van der Waals surface area contributed by atoms with Gasteiger partial charge in [0.1, 0.15) is 0 Å². The first-order valence-electron chi connectivity index (χ1n) is 6.97. The van der Waals surface area contributed by atoms with Crippen LogP contribution in [0.5, 0.6) is 0 Å². The van der Waals surface area contributed by atoms with Gasteiger partial charge in [-0.1, -0.05) is 77.0 Å². The van der Waals surface area contributed by atoms with Gasteiger partial charge in [-0.3, -0.25) is 0 Å². The molecule has 14 heavy (non-hydrogen) atoms. The Morgan fingerprint density at radius 1 is 0.357 bits per heavy atom. The van der Waals surface area contributed by atoms with Crippen LogP contribution in [0.25, 0.3) is 0 Å². The second-order valence-corrected chi connectivity index (χ2v) is 5.50. The summed E-state index contributed by atoms with van der Waals surface area (Å²) in [5, 5.41) is 0. The molecule has 0 amide bonds. The normalized spacial score (nSPS) is 36.0. The Morgan fingerprint density at radius 3 is 1.21 bits per heavy atom. The number of fused-ring (bicyclic) bond motifs is 1. The van der Waals surface area contributed by atoms with E-state index in [2.05, 4.69) is 0 Å². The van der Waals surface area contributed by atoms with Gasteiger partial charge >= 0.3 is 0 Å². The van der Waals surface area contributed by atoms with Gasteiger partial charge < -0.3 is 0 Å². The first kappa shape index (κ1) is 10.5. The smallest absolute Gasteiger partial charge is 0.0386 e. The van der Waals surface area contributed by atoms with Crippen LogP contribution in [0.15, 0.2) is 0 Å². The lowest BCUT2D eigenvalue weighted by atomic mass is 9.87. The molecule has 0 heterocycles. The van der Waals surface area contributed by atoms with E-state index in [1.165, 1.54) is 51.4 Å². The molecule has 0 nitrogen and oxygen atoms in total. The molecule has 2 aliphatic rings. The summed E-state index contributed by atoms with van der Waals surface area (Å²) in [7, 11) is 0. The number of hydrogen-bond donors (Lipinski definition) is 0. The minimum atomic E-state index is 1.13. The summed E-state index contributed by atoms with van der Waals surface area (Å²) >= 11 is 0. The van der Waals surface area contributed by atoms with E-state index in [0.717, 1.165) is 11.8 Å². The minimum Gasteiger partial charge on any atom is -0.0533 e. The van der Waals surface area contributed by atoms with E-state index >= 15 is 0 Å². The van der Waals surface area contributed by atoms with E-state index in [0.29, 0.717) is 0 Å². The monoisotopic (exact) mass is 194 g/mol. The van der Waals surface area contributed by atoms with Gasteiger partial charge in [0.2, 0.25) is 0 Å². The predicted octanol–water partition coefficient (Wildman–Crippen LogP) is 4.93. The maximum Gasteiger partial charge on any atom is -0.0386 e. The second-order valence-electron chi connectivity index (χ2n) is 5.50. The molecule has 0 heteroatoms. The maximum absolute atomic E-state index is 1.56. The van der Waals surface area contributed by atoms with Crippen molar-refractivity contribution in [2.75, 3.05) is 0 Å². The van der Waals surface area contributed by atoms with Crippen LogP contribution in [-0.4, -0.2) is 0 Å². The molecule has 2 atom stereocenters. The average molecular weight is 194 g/mol. The van der Waals surface area contributed by atoms with Crippen LogP contribution in [0.3, 0.4) is 0 Å². The van der Waals surface area contributed by atoms with Crippen molar-refractivity contribution in [1.29, 1.82) is 0 Å². The predicted molar refractivity (Wildman–Crippen MR) is 62.4 cm³/mol. The van der Waals surface area contributed by atoms with Gasteiger partial charge in [0, 0.05) is 0 Å². The average Bonchev–Trinajstić information content (AvgIpc) is 2.61. The van der Waals surface area contributed by atoms with E-state index in [1.807, 2.05) is 0 Å². The van der Waals surface area contributed by atoms with Gasteiger partial charge in [-0.15, -0.1) is 0 Å². The van der Waals surface area contributed by atoms with Gasteiger partial charge in [-0.25, -0.2) is 0 Å². The summed E-state index contributed by atoms with van der Waals surface area (Å²) < 4.78 is 0. The van der Waals surface area contributed by atoms with E-state index in [1.54, 1.807) is 25.7 Å². The van der Waals surface area contributed by atoms with Crippen molar-refractivity contribution in [2.45, 2.75) is 77.0 Å². The summed E-state index contributed by atoms with van der Waals surface area (Å²) in [6.07, 6.45) is 18.4. The van der Waals surface area contributed by atoms with Crippen LogP contribution in [0.1, 0.15) is 77.0 Å². The highest BCUT2D eigenvalue weighted by molar-refractivity contribution is 4.77. The first-order chi connectivity index (χ1) is 6.97. The fourth-order valence-corrected chi connectivity index (χ4v) is 3.57. The Labute approximate surface area is 89.5 Å². The largest absolute Gasteiger partial charge is 0.0533 e. The maximum atomic E-state index is 1.56. The van der Waals surface area contributed by atoms with Crippen molar-refractivity contribution in [2.24, 2.45) is 11.8 Å². The Hall–Kier alpha value is 0. The van der Waals surface area contributed by atoms with Crippen molar-refractivity contribution in [1.82, 2.24) is 0 Å². The SMILES string of the molecule is C1CCCC[C@@H]2CCC[C@H]2CCCC1. The van der Waals surface area contributed by atoms with Crippen molar-refractivity contribution in [3.63, 3.8) is 0 Å². The molecule has 2 fully saturated rings. The van der Waals surface area contributed by atoms with Crippen LogP contribution in [0.2, 0.25) is 0 Å². The third-order valence-corrected chi connectivity index (χ3v) is 4.47. The molecular formula is C14H26. The molecule has 0 aromatic heterocycles. The molecule has 0 aromatic carbocycles. The molecular weight excluding hydrogens is 168 g/mol. The number of rotatable bonds is 0. The lowest BCUT2D eigenvalue weighted by Crippen LogP contribution is -2.07. The van der Waals surface area contributed by atoms with Gasteiger partial charge in [-0.05, 0) is 11.8 Å². The van der Waals surface area contributed by atoms with E-state index in [4.69, 9.17) is 0 Å². The topological polar surface area (TPSA) is 0 Å². The summed E-state index contributed by atoms with van der Waals surface area (Å²) in [4.78, 5) is 0. The van der Waals surface area contributed by atoms with E-state index < -0.39 is 0 Å². The highest BCUT2D eigenvalue weighted by Crippen LogP contribution is 2.38. The highest BCUT2D eigenvalue weighted by atomic mass is 14.3. The molecule has 2 saturated carbocycles. The zero-order chi connectivity index (χ0) is 9.64. The summed E-state index contributed by atoms with van der Waals surface area (Å²) in [6.45, 7) is 0. The summed E-state index contributed by atoms with van der Waals surface area (Å²) in [5.41, 5.74) is 0. The van der Waals surface area contributed by atoms with Gasteiger partial charge in [0.05, 0.1) is 0 Å². The van der Waals surface area contributed by atoms with Gasteiger partial charge in [-0.2, -0.15) is 0 Å². The molecule has 0 bridgehead atoms. The molecule has 0 saturated heterocycles. The standard InChI is InChI=1S/C14H26/c1-2-4-6-9-13-11-8-12-14(13)10-7-5-3-1/h13-14H,1-12H2/t13-,14-/m1/s1. The Morgan fingerprint density at radius 2 is 0.714 bits per heavy atom. The molecule has 0 N–H and O–H groups in total. The van der Waals surface area contributed by atoms with Crippen LogP contribution < -0.4 is 0 Å². The Bertz CT molecular complexity index is 134. The van der Waals surface area contributed by atoms with E-state index in [9.17, 15) is 0 Å². The van der Waals surface area contributed by atoms with Crippen molar-refractivity contribution < 1.29 is 0 Å². The number of hydrogen-bond acceptors (Lipinski definition) is 0. The van der Waals surface area contributed by atoms with E-state index in [-0.39, 0.29) is 0 Å². The Balaban J connectivity index is 1.80. The summed E-state index contributed by atoms with van der Waals surface area (Å²) in [6, 6.07) is 0. The zero-order valence-electron chi connectivity index (χ0n) is 9.64. The molecule has 0 unspecified atom stereocenters. The van der Waals surface area contributed by atoms with Crippen molar-refractivity contribution in [3.8, 4) is 0 Å².